The number of piperazine rings is 2. The number of fused-ring (bicyclic) bond motifs is 2. The fraction of sp³-hybridized carbons (Fsp3) is 0.480. The van der Waals surface area contributed by atoms with Crippen molar-refractivity contribution in [3.8, 4) is 0 Å². The zero-order valence-electron chi connectivity index (χ0n) is 41.4. The van der Waals surface area contributed by atoms with Gasteiger partial charge in [-0.25, -0.2) is 24.4 Å². The van der Waals surface area contributed by atoms with Crippen molar-refractivity contribution in [2.45, 2.75) is 38.5 Å². The minimum Gasteiger partial charge on any atom is -0.478 e. The molecule has 0 saturated carbocycles. The Kier molecular flexibility index (Phi) is 22.4. The van der Waals surface area contributed by atoms with Crippen LogP contribution in [0.2, 0.25) is 0 Å². The molecule has 0 aromatic carbocycles. The number of rotatable bonds is 16. The maximum atomic E-state index is 12.5. The number of halogens is 2. The Labute approximate surface area is 448 Å². The highest BCUT2D eigenvalue weighted by Crippen LogP contribution is 2.25. The number of ether oxygens (including phenoxy) is 2. The minimum atomic E-state index is -1.00. The highest BCUT2D eigenvalue weighted by molar-refractivity contribution is 7.10. The number of carboxylic acids is 1. The highest BCUT2D eigenvalue weighted by Gasteiger charge is 2.31. The van der Waals surface area contributed by atoms with Crippen LogP contribution < -0.4 is 16.0 Å². The van der Waals surface area contributed by atoms with E-state index in [4.69, 9.17) is 14.6 Å². The number of carbonyl (C=O) groups is 4. The van der Waals surface area contributed by atoms with E-state index >= 15 is 0 Å². The molecule has 0 bridgehead atoms. The number of aromatic nitrogens is 2. The number of likely N-dealkylation sites (tertiary alicyclic amines) is 1. The molecule has 396 valence electrons. The van der Waals surface area contributed by atoms with Gasteiger partial charge in [0.2, 0.25) is 5.91 Å². The van der Waals surface area contributed by atoms with E-state index in [1.807, 2.05) is 28.5 Å². The summed E-state index contributed by atoms with van der Waals surface area (Å²) >= 11 is 3.43. The van der Waals surface area contributed by atoms with Crippen molar-refractivity contribution >= 4 is 95.2 Å². The first-order valence-electron chi connectivity index (χ1n) is 24.3. The van der Waals surface area contributed by atoms with E-state index in [0.717, 1.165) is 108 Å². The summed E-state index contributed by atoms with van der Waals surface area (Å²) in [6.45, 7) is 17.1. The predicted octanol–water partition coefficient (Wildman–Crippen LogP) is 5.03. The van der Waals surface area contributed by atoms with Crippen LogP contribution in [0.1, 0.15) is 32.0 Å². The van der Waals surface area contributed by atoms with Crippen molar-refractivity contribution in [2.24, 2.45) is 0 Å². The van der Waals surface area contributed by atoms with Gasteiger partial charge in [-0.15, -0.1) is 47.5 Å². The molecule has 0 spiro atoms. The van der Waals surface area contributed by atoms with Gasteiger partial charge >= 0.3 is 18.0 Å². The van der Waals surface area contributed by atoms with Crippen LogP contribution in [0.4, 0.5) is 21.2 Å². The summed E-state index contributed by atoms with van der Waals surface area (Å²) in [5, 5.41) is 21.7. The second-order valence-corrected chi connectivity index (χ2v) is 20.5. The fourth-order valence-electron chi connectivity index (χ4n) is 8.38. The van der Waals surface area contributed by atoms with Gasteiger partial charge < -0.3 is 44.4 Å². The van der Waals surface area contributed by atoms with E-state index in [-0.39, 0.29) is 48.9 Å². The number of pyridine rings is 2. The Bertz CT molecular complexity index is 2450. The van der Waals surface area contributed by atoms with Crippen LogP contribution in [0, 0.1) is 0 Å². The molecule has 10 heterocycles. The molecule has 23 heteroatoms. The number of nitrogens with one attached hydrogen (secondary N) is 3. The number of likely N-dealkylation sites (N-methyl/N-ethyl adjacent to an activating group) is 2. The average molecular weight is 1080 g/mol. The van der Waals surface area contributed by atoms with Crippen LogP contribution in [0.15, 0.2) is 71.7 Å². The number of nitrogens with zero attached hydrogens (tertiary/aromatic N) is 9. The molecule has 6 aliphatic heterocycles. The standard InChI is InChI=1S/C25H32N6O3S.C17H23N5O3.C8H11NOS.2ClH/c1-28-6-8-29(9-7-28)10-11-30-15-20-13-19(14-26-24(20)27-25(30)33)4-5-23(32)31-16-21(17-31)34-18-22-3-2-12-35-22;1-20-4-6-21(7-5-20)8-9-22-12-14-10-13(2-3-15(23)24)11-18-16(14)19-17(22)25;1-2-8(11-3-1)6-10-7-4-9-5-7;;/h2-5,12-14,21H,6-11,15-18H2,1H3,(H,26,27,33);2-3,10-11H,4-9,12H2,1H3,(H,23,24)(H,18,19,25);1-3,7,9H,4-6H2;2*1H/b5-4+;3-2+;;;. The predicted molar refractivity (Wildman–Crippen MR) is 291 cm³/mol. The highest BCUT2D eigenvalue weighted by atomic mass is 35.5. The van der Waals surface area contributed by atoms with Gasteiger partial charge in [0, 0.05) is 150 Å². The van der Waals surface area contributed by atoms with Crippen molar-refractivity contribution in [1.82, 2.24) is 49.6 Å². The first-order valence-corrected chi connectivity index (χ1v) is 26.0. The van der Waals surface area contributed by atoms with E-state index in [9.17, 15) is 19.2 Å². The van der Waals surface area contributed by atoms with E-state index < -0.39 is 5.97 Å². The fourth-order valence-corrected chi connectivity index (χ4v) is 9.63. The molecule has 4 N–H and O–H groups in total. The van der Waals surface area contributed by atoms with E-state index in [2.05, 4.69) is 83.2 Å². The maximum absolute atomic E-state index is 12.5. The zero-order valence-corrected chi connectivity index (χ0v) is 44.7. The third-order valence-corrected chi connectivity index (χ3v) is 14.8. The average Bonchev–Trinajstić information content (AvgIpc) is 4.07. The van der Waals surface area contributed by atoms with Crippen LogP contribution in [-0.2, 0) is 45.4 Å². The van der Waals surface area contributed by atoms with Gasteiger partial charge in [-0.1, -0.05) is 12.1 Å². The summed E-state index contributed by atoms with van der Waals surface area (Å²) in [5.74, 6) is 0.122. The molecular formula is C50H68Cl2N12O7S2. The van der Waals surface area contributed by atoms with Gasteiger partial charge in [0.25, 0.3) is 0 Å². The molecule has 4 fully saturated rings. The second kappa shape index (κ2) is 28.6. The largest absolute Gasteiger partial charge is 0.478 e. The molecule has 0 unspecified atom stereocenters. The number of amides is 5. The van der Waals surface area contributed by atoms with Crippen LogP contribution in [0.5, 0.6) is 0 Å². The number of aliphatic carboxylic acids is 1. The topological polar surface area (TPSA) is 192 Å². The molecular weight excluding hydrogens is 1020 g/mol. The lowest BCUT2D eigenvalue weighted by Crippen LogP contribution is -2.54. The van der Waals surface area contributed by atoms with Crippen LogP contribution >= 0.6 is 47.5 Å². The number of hydrogen-bond donors (Lipinski definition) is 4. The minimum absolute atomic E-state index is 0. The number of carbonyl (C=O) groups excluding carboxylic acids is 3. The SMILES string of the molecule is CN1CCN(CCN2Cc3cc(/C=C/C(=O)N4CC(OCc5cccs5)C4)cnc3NC2=O)CC1.CN1CCN(CCN2Cc3cc(/C=C/C(=O)O)cnc3NC2=O)CC1.Cl.Cl.c1csc(COC2CNC2)c1. The Balaban J connectivity index is 0.000000199. The molecule has 19 nitrogen and oxygen atoms in total. The lowest BCUT2D eigenvalue weighted by molar-refractivity contribution is -0.140. The van der Waals surface area contributed by atoms with Crippen LogP contribution in [0.25, 0.3) is 12.2 Å². The Morgan fingerprint density at radius 1 is 0.685 bits per heavy atom. The first-order chi connectivity index (χ1) is 34.5. The second-order valence-electron chi connectivity index (χ2n) is 18.5. The van der Waals surface area contributed by atoms with Crippen LogP contribution in [-0.4, -0.2) is 204 Å². The summed E-state index contributed by atoms with van der Waals surface area (Å²) in [6, 6.07) is 11.9. The number of urea groups is 2. The first kappa shape index (κ1) is 57.2. The molecule has 73 heavy (non-hydrogen) atoms. The quantitative estimate of drug-likeness (QED) is 0.109. The maximum Gasteiger partial charge on any atom is 0.328 e. The number of thiophene rings is 2. The summed E-state index contributed by atoms with van der Waals surface area (Å²) in [7, 11) is 4.26. The van der Waals surface area contributed by atoms with Crippen molar-refractivity contribution < 1.29 is 33.8 Å². The van der Waals surface area contributed by atoms with E-state index in [1.54, 1.807) is 57.0 Å². The normalized spacial score (nSPS) is 18.7. The molecule has 4 aromatic rings. The lowest BCUT2D eigenvalue weighted by Gasteiger charge is -2.38. The summed E-state index contributed by atoms with van der Waals surface area (Å²) in [6.07, 6.45) is 9.75. The Morgan fingerprint density at radius 2 is 1.15 bits per heavy atom. The molecule has 0 radical (unpaired) electrons. The van der Waals surface area contributed by atoms with Gasteiger partial charge in [0.05, 0.1) is 38.5 Å². The molecule has 4 aromatic heterocycles. The van der Waals surface area contributed by atoms with Gasteiger partial charge in [0.1, 0.15) is 11.6 Å². The monoisotopic (exact) mass is 1080 g/mol. The summed E-state index contributed by atoms with van der Waals surface area (Å²) in [5.41, 5.74) is 3.41. The van der Waals surface area contributed by atoms with Crippen molar-refractivity contribution in [2.75, 3.05) is 129 Å². The molecule has 10 rings (SSSR count). The smallest absolute Gasteiger partial charge is 0.328 e. The van der Waals surface area contributed by atoms with Crippen molar-refractivity contribution in [3.63, 3.8) is 0 Å². The molecule has 5 amide bonds. The van der Waals surface area contributed by atoms with Gasteiger partial charge in [0.15, 0.2) is 0 Å². The van der Waals surface area contributed by atoms with Gasteiger partial charge in [-0.3, -0.25) is 25.2 Å². The number of anilines is 2. The molecule has 0 atom stereocenters. The number of hydrogen-bond acceptors (Lipinski definition) is 15. The third-order valence-electron chi connectivity index (χ3n) is 13.1. The lowest BCUT2D eigenvalue weighted by atomic mass is 10.1. The van der Waals surface area contributed by atoms with Gasteiger partial charge in [-0.2, -0.15) is 0 Å². The van der Waals surface area contributed by atoms with Gasteiger partial charge in [-0.05, 0) is 72.4 Å². The zero-order chi connectivity index (χ0) is 49.5. The van der Waals surface area contributed by atoms with Crippen molar-refractivity contribution in [1.29, 1.82) is 0 Å². The van der Waals surface area contributed by atoms with Crippen molar-refractivity contribution in [3.05, 3.63) is 104 Å². The summed E-state index contributed by atoms with van der Waals surface area (Å²) < 4.78 is 11.4. The Morgan fingerprint density at radius 3 is 1.58 bits per heavy atom. The summed E-state index contributed by atoms with van der Waals surface area (Å²) in [4.78, 5) is 73.8. The molecule has 0 aliphatic carbocycles. The third kappa shape index (κ3) is 17.5. The molecule has 4 saturated heterocycles. The molecule has 6 aliphatic rings. The van der Waals surface area contributed by atoms with E-state index in [1.165, 1.54) is 15.8 Å². The number of carboxylic acid groups (broad SMARTS) is 1. The Hall–Kier alpha value is -5.04. The van der Waals surface area contributed by atoms with E-state index in [0.29, 0.717) is 69.2 Å². The van der Waals surface area contributed by atoms with Crippen LogP contribution in [0.3, 0.4) is 0 Å².